The van der Waals surface area contributed by atoms with E-state index in [2.05, 4.69) is 17.4 Å². The molecule has 0 saturated heterocycles. The molecule has 1 heterocycles. The first-order valence-electron chi connectivity index (χ1n) is 10.6. The summed E-state index contributed by atoms with van der Waals surface area (Å²) in [5.74, 6) is -0.115. The van der Waals surface area contributed by atoms with Gasteiger partial charge in [-0.1, -0.05) is 30.0 Å². The Morgan fingerprint density at radius 3 is 2.77 bits per heavy atom. The number of amides is 1. The normalized spacial score (nSPS) is 14.9. The van der Waals surface area contributed by atoms with Crippen LogP contribution in [0.1, 0.15) is 37.4 Å². The lowest BCUT2D eigenvalue weighted by atomic mass is 10.1. The summed E-state index contributed by atoms with van der Waals surface area (Å²) >= 11 is 1.29. The van der Waals surface area contributed by atoms with Crippen molar-refractivity contribution >= 4 is 34.3 Å². The van der Waals surface area contributed by atoms with Crippen LogP contribution in [-0.2, 0) is 22.4 Å². The van der Waals surface area contributed by atoms with Crippen molar-refractivity contribution in [2.75, 3.05) is 19.0 Å². The zero-order chi connectivity index (χ0) is 22.0. The fourth-order valence-corrected chi connectivity index (χ4v) is 5.03. The van der Waals surface area contributed by atoms with Crippen LogP contribution in [0.3, 0.4) is 0 Å². The van der Waals surface area contributed by atoms with E-state index in [1.54, 1.807) is 17.7 Å². The molecule has 1 N–H and O–H groups in total. The van der Waals surface area contributed by atoms with Gasteiger partial charge in [0.05, 0.1) is 28.8 Å². The molecule has 7 heteroatoms. The highest BCUT2D eigenvalue weighted by Gasteiger charge is 2.22. The van der Waals surface area contributed by atoms with Crippen molar-refractivity contribution in [1.29, 1.82) is 0 Å². The number of anilines is 1. The maximum Gasteiger partial charge on any atom is 0.262 e. The van der Waals surface area contributed by atoms with Crippen molar-refractivity contribution < 1.29 is 9.53 Å². The number of para-hydroxylation sites is 1. The molecule has 0 aliphatic heterocycles. The minimum atomic E-state index is -0.428. The van der Waals surface area contributed by atoms with E-state index >= 15 is 0 Å². The van der Waals surface area contributed by atoms with Gasteiger partial charge in [0, 0.05) is 12.8 Å². The van der Waals surface area contributed by atoms with E-state index in [0.717, 1.165) is 18.5 Å². The number of carbonyl (C=O) groups excluding carboxylic acids is 1. The molecule has 3 aromatic rings. The molecule has 0 unspecified atom stereocenters. The first-order chi connectivity index (χ1) is 15.0. The van der Waals surface area contributed by atoms with Crippen molar-refractivity contribution in [2.45, 2.75) is 49.6 Å². The van der Waals surface area contributed by atoms with Gasteiger partial charge in [0.15, 0.2) is 5.16 Å². The maximum absolute atomic E-state index is 13.2. The number of aromatic nitrogens is 2. The summed E-state index contributed by atoms with van der Waals surface area (Å²) in [7, 11) is 1.61. The minimum absolute atomic E-state index is 0.115. The molecule has 2 atom stereocenters. The fourth-order valence-electron chi connectivity index (χ4n) is 4.02. The molecule has 0 bridgehead atoms. The second-order valence-electron chi connectivity index (χ2n) is 7.98. The molecule has 2 aromatic carbocycles. The van der Waals surface area contributed by atoms with Crippen LogP contribution in [0.5, 0.6) is 0 Å². The molecule has 0 saturated carbocycles. The number of methoxy groups -OCH3 is 1. The van der Waals surface area contributed by atoms with Crippen LogP contribution >= 0.6 is 11.8 Å². The van der Waals surface area contributed by atoms with Gasteiger partial charge in [-0.15, -0.1) is 0 Å². The second kappa shape index (κ2) is 9.24. The number of rotatable bonds is 7. The predicted octanol–water partition coefficient (Wildman–Crippen LogP) is 4.21. The smallest absolute Gasteiger partial charge is 0.262 e. The minimum Gasteiger partial charge on any atom is -0.383 e. The Labute approximate surface area is 186 Å². The molecule has 162 valence electrons. The van der Waals surface area contributed by atoms with Gasteiger partial charge in [-0.3, -0.25) is 14.2 Å². The number of nitrogens with one attached hydrogen (secondary N) is 1. The van der Waals surface area contributed by atoms with Crippen LogP contribution in [0.2, 0.25) is 0 Å². The van der Waals surface area contributed by atoms with E-state index in [1.165, 1.54) is 29.3 Å². The van der Waals surface area contributed by atoms with Gasteiger partial charge in [0.2, 0.25) is 5.91 Å². The Morgan fingerprint density at radius 2 is 1.97 bits per heavy atom. The SMILES string of the molecule is COC[C@H](C)n1c(S[C@@H](C)C(=O)Nc2ccc3c(c2)CCC3)nc2ccccc2c1=O. The second-order valence-corrected chi connectivity index (χ2v) is 9.29. The molecule has 31 heavy (non-hydrogen) atoms. The summed E-state index contributed by atoms with van der Waals surface area (Å²) in [5.41, 5.74) is 4.01. The molecule has 1 amide bonds. The highest BCUT2D eigenvalue weighted by Crippen LogP contribution is 2.28. The Bertz CT molecular complexity index is 1170. The van der Waals surface area contributed by atoms with Crippen molar-refractivity contribution in [1.82, 2.24) is 9.55 Å². The van der Waals surface area contributed by atoms with E-state index in [-0.39, 0.29) is 17.5 Å². The number of thioether (sulfide) groups is 1. The van der Waals surface area contributed by atoms with Crippen molar-refractivity contribution in [3.8, 4) is 0 Å². The number of fused-ring (bicyclic) bond motifs is 2. The number of aryl methyl sites for hydroxylation is 2. The van der Waals surface area contributed by atoms with E-state index < -0.39 is 5.25 Å². The molecule has 1 aliphatic carbocycles. The maximum atomic E-state index is 13.2. The third kappa shape index (κ3) is 4.52. The zero-order valence-electron chi connectivity index (χ0n) is 18.1. The summed E-state index contributed by atoms with van der Waals surface area (Å²) in [4.78, 5) is 30.8. The van der Waals surface area contributed by atoms with Crippen molar-refractivity contribution in [3.63, 3.8) is 0 Å². The van der Waals surface area contributed by atoms with Gasteiger partial charge in [-0.05, 0) is 68.5 Å². The summed E-state index contributed by atoms with van der Waals surface area (Å²) in [6.45, 7) is 4.13. The Kier molecular flexibility index (Phi) is 6.43. The van der Waals surface area contributed by atoms with Crippen LogP contribution in [0, 0.1) is 0 Å². The zero-order valence-corrected chi connectivity index (χ0v) is 18.9. The van der Waals surface area contributed by atoms with Gasteiger partial charge in [0.1, 0.15) is 0 Å². The molecular formula is C24H27N3O3S. The lowest BCUT2D eigenvalue weighted by molar-refractivity contribution is -0.115. The highest BCUT2D eigenvalue weighted by molar-refractivity contribution is 8.00. The third-order valence-corrected chi connectivity index (χ3v) is 6.71. The van der Waals surface area contributed by atoms with Crippen LogP contribution in [0.15, 0.2) is 52.4 Å². The number of carbonyl (C=O) groups is 1. The Balaban J connectivity index is 1.59. The monoisotopic (exact) mass is 437 g/mol. The molecular weight excluding hydrogens is 410 g/mol. The average molecular weight is 438 g/mol. The highest BCUT2D eigenvalue weighted by atomic mass is 32.2. The predicted molar refractivity (Wildman–Crippen MR) is 125 cm³/mol. The third-order valence-electron chi connectivity index (χ3n) is 5.64. The van der Waals surface area contributed by atoms with Crippen LogP contribution in [-0.4, -0.2) is 34.4 Å². The number of nitrogens with zero attached hydrogens (tertiary/aromatic N) is 2. The quantitative estimate of drug-likeness (QED) is 0.443. The summed E-state index contributed by atoms with van der Waals surface area (Å²) in [5, 5.41) is 3.67. The molecule has 1 aliphatic rings. The topological polar surface area (TPSA) is 73.2 Å². The summed E-state index contributed by atoms with van der Waals surface area (Å²) < 4.78 is 6.91. The molecule has 0 fully saturated rings. The Hall–Kier alpha value is -2.64. The van der Waals surface area contributed by atoms with Crippen LogP contribution < -0.4 is 10.9 Å². The standard InChI is InChI=1S/C24H27N3O3S/c1-15(14-30-3)27-23(29)20-9-4-5-10-21(20)26-24(27)31-16(2)22(28)25-19-12-11-17-7-6-8-18(17)13-19/h4-5,9-13,15-16H,6-8,14H2,1-3H3,(H,25,28)/t15-,16-/m0/s1. The number of hydrogen-bond acceptors (Lipinski definition) is 5. The molecule has 6 nitrogen and oxygen atoms in total. The Morgan fingerprint density at radius 1 is 1.19 bits per heavy atom. The first kappa shape index (κ1) is 21.6. The summed E-state index contributed by atoms with van der Waals surface area (Å²) in [6, 6.07) is 13.2. The molecule has 4 rings (SSSR count). The van der Waals surface area contributed by atoms with Crippen LogP contribution in [0.4, 0.5) is 5.69 Å². The lowest BCUT2D eigenvalue weighted by Crippen LogP contribution is -2.30. The van der Waals surface area contributed by atoms with E-state index in [9.17, 15) is 9.59 Å². The van der Waals surface area contributed by atoms with Gasteiger partial charge in [-0.2, -0.15) is 0 Å². The van der Waals surface area contributed by atoms with Crippen molar-refractivity contribution in [2.24, 2.45) is 0 Å². The number of ether oxygens (including phenoxy) is 1. The lowest BCUT2D eigenvalue weighted by Gasteiger charge is -2.20. The number of hydrogen-bond donors (Lipinski definition) is 1. The van der Waals surface area contributed by atoms with E-state index in [0.29, 0.717) is 22.7 Å². The molecule has 0 radical (unpaired) electrons. The largest absolute Gasteiger partial charge is 0.383 e. The van der Waals surface area contributed by atoms with Gasteiger partial charge < -0.3 is 10.1 Å². The molecule has 1 aromatic heterocycles. The van der Waals surface area contributed by atoms with Gasteiger partial charge >= 0.3 is 0 Å². The molecule has 0 spiro atoms. The van der Waals surface area contributed by atoms with E-state index in [1.807, 2.05) is 38.1 Å². The first-order valence-corrected chi connectivity index (χ1v) is 11.5. The number of benzene rings is 2. The average Bonchev–Trinajstić information content (AvgIpc) is 3.22. The van der Waals surface area contributed by atoms with Gasteiger partial charge in [0.25, 0.3) is 5.56 Å². The van der Waals surface area contributed by atoms with Crippen LogP contribution in [0.25, 0.3) is 10.9 Å². The van der Waals surface area contributed by atoms with E-state index in [4.69, 9.17) is 9.72 Å². The van der Waals surface area contributed by atoms with Gasteiger partial charge in [-0.25, -0.2) is 4.98 Å². The van der Waals surface area contributed by atoms with Crippen molar-refractivity contribution in [3.05, 3.63) is 63.9 Å². The summed E-state index contributed by atoms with van der Waals surface area (Å²) in [6.07, 6.45) is 3.35. The fraction of sp³-hybridized carbons (Fsp3) is 0.375.